The van der Waals surface area contributed by atoms with Crippen molar-refractivity contribution >= 4 is 18.4 Å². The van der Waals surface area contributed by atoms with Gasteiger partial charge in [0.2, 0.25) is 0 Å². The van der Waals surface area contributed by atoms with Gasteiger partial charge in [0.05, 0.1) is 12.7 Å². The molecule has 0 radical (unpaired) electrons. The second-order valence-electron chi connectivity index (χ2n) is 4.06. The summed E-state index contributed by atoms with van der Waals surface area (Å²) in [5, 5.41) is 28.3. The first-order valence-corrected chi connectivity index (χ1v) is 6.18. The molecule has 6 nitrogen and oxygen atoms in total. The van der Waals surface area contributed by atoms with E-state index in [4.69, 9.17) is 10.5 Å². The smallest absolute Gasteiger partial charge is 0.161 e. The van der Waals surface area contributed by atoms with Gasteiger partial charge >= 0.3 is 0 Å². The van der Waals surface area contributed by atoms with Crippen molar-refractivity contribution in [2.24, 2.45) is 0 Å². The fourth-order valence-corrected chi connectivity index (χ4v) is 2.20. The molecule has 0 atom stereocenters. The minimum atomic E-state index is -0.0496. The molecule has 0 bridgehead atoms. The topological polar surface area (TPSA) is 116 Å². The number of anilines is 1. The molecule has 0 unspecified atom stereocenters. The van der Waals surface area contributed by atoms with E-state index in [1.165, 1.54) is 19.2 Å². The van der Waals surface area contributed by atoms with E-state index in [9.17, 15) is 15.6 Å². The van der Waals surface area contributed by atoms with E-state index >= 15 is 0 Å². The highest BCUT2D eigenvalue weighted by molar-refractivity contribution is 7.80. The Morgan fingerprint density at radius 1 is 1.29 bits per heavy atom. The van der Waals surface area contributed by atoms with Gasteiger partial charge in [-0.2, -0.15) is 10.5 Å². The third-order valence-corrected chi connectivity index (χ3v) is 3.22. The van der Waals surface area contributed by atoms with Crippen LogP contribution in [0.3, 0.4) is 0 Å². The maximum absolute atomic E-state index is 9.64. The van der Waals surface area contributed by atoms with Gasteiger partial charge in [-0.3, -0.25) is 0 Å². The van der Waals surface area contributed by atoms with Crippen LogP contribution in [0.1, 0.15) is 11.1 Å². The molecule has 0 saturated heterocycles. The maximum atomic E-state index is 9.64. The SMILES string of the molecule is COc1cc(-c2c(C#N)c(N)nc(S)c2C#N)ccc1O. The quantitative estimate of drug-likeness (QED) is 0.731. The molecule has 104 valence electrons. The largest absolute Gasteiger partial charge is 0.504 e. The van der Waals surface area contributed by atoms with Crippen LogP contribution in [0, 0.1) is 22.7 Å². The molecule has 0 aliphatic heterocycles. The molecule has 0 amide bonds. The van der Waals surface area contributed by atoms with Crippen molar-refractivity contribution in [3.8, 4) is 34.8 Å². The van der Waals surface area contributed by atoms with Crippen LogP contribution >= 0.6 is 12.6 Å². The Balaban J connectivity index is 2.86. The highest BCUT2D eigenvalue weighted by Crippen LogP contribution is 2.37. The van der Waals surface area contributed by atoms with Crippen molar-refractivity contribution in [3.05, 3.63) is 29.3 Å². The minimum absolute atomic E-state index is 0.0106. The van der Waals surface area contributed by atoms with Gasteiger partial charge < -0.3 is 15.6 Å². The number of thiol groups is 1. The van der Waals surface area contributed by atoms with Gasteiger partial charge in [-0.25, -0.2) is 4.98 Å². The van der Waals surface area contributed by atoms with Crippen LogP contribution in [-0.2, 0) is 0 Å². The molecule has 21 heavy (non-hydrogen) atoms. The van der Waals surface area contributed by atoms with E-state index in [0.717, 1.165) is 0 Å². The molecule has 1 heterocycles. The number of nitrogens with two attached hydrogens (primary N) is 1. The van der Waals surface area contributed by atoms with Gasteiger partial charge in [0.15, 0.2) is 11.5 Å². The van der Waals surface area contributed by atoms with Crippen molar-refractivity contribution < 1.29 is 9.84 Å². The molecule has 1 aromatic heterocycles. The summed E-state index contributed by atoms with van der Waals surface area (Å²) in [6, 6.07) is 8.39. The van der Waals surface area contributed by atoms with Crippen LogP contribution in [-0.4, -0.2) is 17.2 Å². The predicted octanol–water partition coefficient (Wildman–Crippen LogP) is 2.08. The standard InChI is InChI=1S/C14H10N4O2S/c1-20-11-4-7(2-3-10(11)19)12-8(5-15)13(17)18-14(21)9(12)6-16/h2-4,19H,1H3,(H3,17,18,21). The number of phenols is 1. The van der Waals surface area contributed by atoms with Crippen molar-refractivity contribution in [2.75, 3.05) is 12.8 Å². The zero-order valence-electron chi connectivity index (χ0n) is 11.0. The van der Waals surface area contributed by atoms with Crippen molar-refractivity contribution in [2.45, 2.75) is 5.03 Å². The summed E-state index contributed by atoms with van der Waals surface area (Å²) in [4.78, 5) is 3.88. The number of rotatable bonds is 2. The van der Waals surface area contributed by atoms with Gasteiger partial charge in [-0.15, -0.1) is 12.6 Å². The Bertz CT molecular complexity index is 768. The number of hydrogen-bond donors (Lipinski definition) is 3. The number of aromatic hydroxyl groups is 1. The molecular formula is C14H10N4O2S. The number of pyridine rings is 1. The lowest BCUT2D eigenvalue weighted by molar-refractivity contribution is 0.373. The molecule has 2 aromatic rings. The molecule has 0 fully saturated rings. The third kappa shape index (κ3) is 2.42. The Kier molecular flexibility index (Phi) is 3.88. The third-order valence-electron chi connectivity index (χ3n) is 2.90. The van der Waals surface area contributed by atoms with E-state index in [1.807, 2.05) is 12.1 Å². The summed E-state index contributed by atoms with van der Waals surface area (Å²) in [6.07, 6.45) is 0. The summed E-state index contributed by atoms with van der Waals surface area (Å²) >= 11 is 4.12. The average molecular weight is 298 g/mol. The van der Waals surface area contributed by atoms with Crippen molar-refractivity contribution in [1.29, 1.82) is 10.5 Å². The Morgan fingerprint density at radius 2 is 1.95 bits per heavy atom. The lowest BCUT2D eigenvalue weighted by Gasteiger charge is -2.12. The zero-order valence-corrected chi connectivity index (χ0v) is 11.8. The maximum Gasteiger partial charge on any atom is 0.161 e. The second-order valence-corrected chi connectivity index (χ2v) is 4.48. The average Bonchev–Trinajstić information content (AvgIpc) is 2.47. The van der Waals surface area contributed by atoms with Gasteiger partial charge in [-0.1, -0.05) is 6.07 Å². The number of phenolic OH excluding ortho intramolecular Hbond substituents is 1. The van der Waals surface area contributed by atoms with Crippen molar-refractivity contribution in [1.82, 2.24) is 4.98 Å². The number of aromatic nitrogens is 1. The number of nitrogen functional groups attached to an aromatic ring is 1. The highest BCUT2D eigenvalue weighted by Gasteiger charge is 2.19. The number of benzene rings is 1. The number of nitrogens with zero attached hydrogens (tertiary/aromatic N) is 3. The van der Waals surface area contributed by atoms with Crippen LogP contribution < -0.4 is 10.5 Å². The fraction of sp³-hybridized carbons (Fsp3) is 0.0714. The first-order chi connectivity index (χ1) is 10.0. The lowest BCUT2D eigenvalue weighted by atomic mass is 9.96. The summed E-state index contributed by atoms with van der Waals surface area (Å²) in [5.41, 5.74) is 6.76. The Morgan fingerprint density at radius 3 is 2.52 bits per heavy atom. The van der Waals surface area contributed by atoms with E-state index < -0.39 is 0 Å². The van der Waals surface area contributed by atoms with Gasteiger partial charge in [-0.05, 0) is 17.7 Å². The Hall–Kier alpha value is -2.90. The summed E-state index contributed by atoms with van der Waals surface area (Å²) < 4.78 is 5.03. The highest BCUT2D eigenvalue weighted by atomic mass is 32.1. The lowest BCUT2D eigenvalue weighted by Crippen LogP contribution is -2.02. The van der Waals surface area contributed by atoms with E-state index in [-0.39, 0.29) is 33.5 Å². The van der Waals surface area contributed by atoms with Crippen molar-refractivity contribution in [3.63, 3.8) is 0 Å². The number of ether oxygens (including phenoxy) is 1. The molecule has 0 aliphatic rings. The Labute approximate surface area is 126 Å². The van der Waals surface area contributed by atoms with E-state index in [1.54, 1.807) is 6.07 Å². The molecule has 0 spiro atoms. The fourth-order valence-electron chi connectivity index (χ4n) is 1.93. The molecule has 2 rings (SSSR count). The van der Waals surface area contributed by atoms with Gasteiger partial charge in [0.1, 0.15) is 28.5 Å². The minimum Gasteiger partial charge on any atom is -0.504 e. The summed E-state index contributed by atoms with van der Waals surface area (Å²) in [5.74, 6) is 0.159. The number of nitriles is 2. The van der Waals surface area contributed by atoms with Gasteiger partial charge in [0, 0.05) is 5.56 Å². The molecule has 3 N–H and O–H groups in total. The summed E-state index contributed by atoms with van der Waals surface area (Å²) in [6.45, 7) is 0. The predicted molar refractivity (Wildman–Crippen MR) is 79.0 cm³/mol. The van der Waals surface area contributed by atoms with Crippen LogP contribution in [0.15, 0.2) is 23.2 Å². The second kappa shape index (κ2) is 5.61. The van der Waals surface area contributed by atoms with Gasteiger partial charge in [0.25, 0.3) is 0 Å². The van der Waals surface area contributed by atoms with E-state index in [2.05, 4.69) is 17.6 Å². The number of methoxy groups -OCH3 is 1. The van der Waals surface area contributed by atoms with Crippen LogP contribution in [0.4, 0.5) is 5.82 Å². The first-order valence-electron chi connectivity index (χ1n) is 5.73. The first kappa shape index (κ1) is 14.5. The molecule has 0 saturated carbocycles. The van der Waals surface area contributed by atoms with Crippen LogP contribution in [0.5, 0.6) is 11.5 Å². The van der Waals surface area contributed by atoms with Crippen LogP contribution in [0.25, 0.3) is 11.1 Å². The van der Waals surface area contributed by atoms with Crippen LogP contribution in [0.2, 0.25) is 0 Å². The molecule has 7 heteroatoms. The molecule has 0 aliphatic carbocycles. The molecular weight excluding hydrogens is 288 g/mol. The monoisotopic (exact) mass is 298 g/mol. The number of hydrogen-bond acceptors (Lipinski definition) is 7. The van der Waals surface area contributed by atoms with E-state index in [0.29, 0.717) is 11.1 Å². The normalized spacial score (nSPS) is 9.71. The molecule has 1 aromatic carbocycles. The zero-order chi connectivity index (χ0) is 15.6. The summed E-state index contributed by atoms with van der Waals surface area (Å²) in [7, 11) is 1.40.